The molecule has 0 saturated carbocycles. The van der Waals surface area contributed by atoms with Gasteiger partial charge in [0.1, 0.15) is 16.5 Å². The van der Waals surface area contributed by atoms with Gasteiger partial charge in [-0.3, -0.25) is 0 Å². The molecule has 112 valence electrons. The first-order chi connectivity index (χ1) is 9.94. The highest BCUT2D eigenvalue weighted by Crippen LogP contribution is 2.21. The third-order valence-electron chi connectivity index (χ3n) is 2.83. The molecule has 1 N–H and O–H groups in total. The Bertz CT molecular complexity index is 750. The quantitative estimate of drug-likeness (QED) is 0.875. The van der Waals surface area contributed by atoms with E-state index in [1.54, 1.807) is 24.3 Å². The summed E-state index contributed by atoms with van der Waals surface area (Å²) in [5, 5.41) is 0. The van der Waals surface area contributed by atoms with Crippen molar-refractivity contribution in [3.8, 4) is 5.75 Å². The van der Waals surface area contributed by atoms with Gasteiger partial charge in [0.2, 0.25) is 10.0 Å². The van der Waals surface area contributed by atoms with Gasteiger partial charge in [-0.15, -0.1) is 0 Å². The van der Waals surface area contributed by atoms with Crippen LogP contribution >= 0.6 is 15.9 Å². The minimum absolute atomic E-state index is 0.0157. The fourth-order valence-electron chi connectivity index (χ4n) is 1.79. The molecule has 0 unspecified atom stereocenters. The van der Waals surface area contributed by atoms with Gasteiger partial charge in [-0.2, -0.15) is 0 Å². The zero-order chi connectivity index (χ0) is 15.5. The van der Waals surface area contributed by atoms with E-state index >= 15 is 0 Å². The molecule has 2 rings (SSSR count). The Morgan fingerprint density at radius 3 is 2.62 bits per heavy atom. The molecule has 0 bridgehead atoms. The maximum absolute atomic E-state index is 13.7. The third-order valence-corrected chi connectivity index (χ3v) is 4.76. The summed E-state index contributed by atoms with van der Waals surface area (Å²) in [6.45, 7) is 0.0157. The molecule has 0 spiro atoms. The number of sulfonamides is 1. The zero-order valence-corrected chi connectivity index (χ0v) is 13.5. The molecule has 4 nitrogen and oxygen atoms in total. The van der Waals surface area contributed by atoms with Crippen LogP contribution in [0.4, 0.5) is 4.39 Å². The van der Waals surface area contributed by atoms with E-state index in [2.05, 4.69) is 20.7 Å². The summed E-state index contributed by atoms with van der Waals surface area (Å²) in [5.41, 5.74) is 0.668. The minimum atomic E-state index is -3.93. The molecule has 0 aliphatic rings. The normalized spacial score (nSPS) is 11.4. The van der Waals surface area contributed by atoms with Gasteiger partial charge in [0.05, 0.1) is 7.11 Å². The van der Waals surface area contributed by atoms with E-state index in [0.29, 0.717) is 15.8 Å². The largest absolute Gasteiger partial charge is 0.496 e. The molecule has 0 radical (unpaired) electrons. The Morgan fingerprint density at radius 2 is 1.95 bits per heavy atom. The van der Waals surface area contributed by atoms with Gasteiger partial charge in [0.25, 0.3) is 0 Å². The third kappa shape index (κ3) is 3.81. The van der Waals surface area contributed by atoms with Crippen molar-refractivity contribution in [3.05, 3.63) is 58.3 Å². The van der Waals surface area contributed by atoms with E-state index < -0.39 is 15.8 Å². The molecule has 0 fully saturated rings. The van der Waals surface area contributed by atoms with Crippen molar-refractivity contribution in [2.75, 3.05) is 7.11 Å². The summed E-state index contributed by atoms with van der Waals surface area (Å²) in [6, 6.07) is 10.8. The van der Waals surface area contributed by atoms with Crippen LogP contribution in [0, 0.1) is 5.82 Å². The van der Waals surface area contributed by atoms with E-state index in [1.165, 1.54) is 19.2 Å². The monoisotopic (exact) mass is 373 g/mol. The lowest BCUT2D eigenvalue weighted by molar-refractivity contribution is 0.409. The van der Waals surface area contributed by atoms with Crippen molar-refractivity contribution in [1.82, 2.24) is 4.72 Å². The number of rotatable bonds is 5. The second kappa shape index (κ2) is 6.55. The maximum Gasteiger partial charge on any atom is 0.243 e. The van der Waals surface area contributed by atoms with Crippen molar-refractivity contribution in [2.45, 2.75) is 11.4 Å². The predicted octanol–water partition coefficient (Wildman–Crippen LogP) is 3.08. The topological polar surface area (TPSA) is 55.4 Å². The van der Waals surface area contributed by atoms with E-state index in [-0.39, 0.29) is 11.4 Å². The predicted molar refractivity (Wildman–Crippen MR) is 81.1 cm³/mol. The Morgan fingerprint density at radius 1 is 1.24 bits per heavy atom. The lowest BCUT2D eigenvalue weighted by atomic mass is 10.2. The van der Waals surface area contributed by atoms with Gasteiger partial charge >= 0.3 is 0 Å². The molecule has 0 heterocycles. The highest BCUT2D eigenvalue weighted by Gasteiger charge is 2.19. The Labute approximate surface area is 131 Å². The number of hydrogen-bond donors (Lipinski definition) is 1. The highest BCUT2D eigenvalue weighted by atomic mass is 79.9. The molecule has 2 aromatic carbocycles. The summed E-state index contributed by atoms with van der Waals surface area (Å²) in [7, 11) is -2.43. The first kappa shape index (κ1) is 15.9. The molecule has 0 saturated heterocycles. The standard InChI is InChI=1S/C14H13BrFNO3S/c1-20-13-5-3-2-4-10(13)9-17-21(18,19)14-7-6-11(15)8-12(14)16/h2-8,17H,9H2,1H3. The second-order valence-corrected chi connectivity index (χ2v) is 6.86. The fraction of sp³-hybridized carbons (Fsp3) is 0.143. The summed E-state index contributed by atoms with van der Waals surface area (Å²) in [5.74, 6) is -0.242. The van der Waals surface area contributed by atoms with Gasteiger partial charge < -0.3 is 4.74 Å². The molecule has 0 aromatic heterocycles. The molecule has 2 aromatic rings. The van der Waals surface area contributed by atoms with Crippen molar-refractivity contribution < 1.29 is 17.5 Å². The van der Waals surface area contributed by atoms with Crippen LogP contribution in [0.2, 0.25) is 0 Å². The van der Waals surface area contributed by atoms with E-state index in [1.807, 2.05) is 0 Å². The highest BCUT2D eigenvalue weighted by molar-refractivity contribution is 9.10. The lowest BCUT2D eigenvalue weighted by Crippen LogP contribution is -2.24. The first-order valence-electron chi connectivity index (χ1n) is 6.00. The number of hydrogen-bond acceptors (Lipinski definition) is 3. The van der Waals surface area contributed by atoms with Gasteiger partial charge in [-0.1, -0.05) is 34.1 Å². The average Bonchev–Trinajstić information content (AvgIpc) is 2.45. The molecular weight excluding hydrogens is 361 g/mol. The summed E-state index contributed by atoms with van der Waals surface area (Å²) < 4.78 is 46.0. The summed E-state index contributed by atoms with van der Waals surface area (Å²) in [6.07, 6.45) is 0. The molecule has 0 atom stereocenters. The molecule has 0 aliphatic carbocycles. The van der Waals surface area contributed by atoms with Crippen LogP contribution in [-0.2, 0) is 16.6 Å². The Balaban J connectivity index is 2.22. The van der Waals surface area contributed by atoms with Gasteiger partial charge in [-0.25, -0.2) is 17.5 Å². The maximum atomic E-state index is 13.7. The van der Waals surface area contributed by atoms with Crippen LogP contribution in [0.15, 0.2) is 51.8 Å². The van der Waals surface area contributed by atoms with Gasteiger partial charge in [0.15, 0.2) is 0 Å². The molecule has 0 amide bonds. The Hall–Kier alpha value is -1.44. The van der Waals surface area contributed by atoms with Crippen LogP contribution < -0.4 is 9.46 Å². The molecular formula is C14H13BrFNO3S. The van der Waals surface area contributed by atoms with E-state index in [9.17, 15) is 12.8 Å². The summed E-state index contributed by atoms with van der Waals surface area (Å²) in [4.78, 5) is -0.388. The van der Waals surface area contributed by atoms with Crippen LogP contribution in [-0.4, -0.2) is 15.5 Å². The molecule has 7 heteroatoms. The first-order valence-corrected chi connectivity index (χ1v) is 8.28. The summed E-state index contributed by atoms with van der Waals surface area (Å²) >= 11 is 3.09. The number of halogens is 2. The number of ether oxygens (including phenoxy) is 1. The average molecular weight is 374 g/mol. The molecule has 0 aliphatic heterocycles. The van der Waals surface area contributed by atoms with Gasteiger partial charge in [0, 0.05) is 16.6 Å². The van der Waals surface area contributed by atoms with Crippen LogP contribution in [0.25, 0.3) is 0 Å². The SMILES string of the molecule is COc1ccccc1CNS(=O)(=O)c1ccc(Br)cc1F. The number of methoxy groups -OCH3 is 1. The van der Waals surface area contributed by atoms with Crippen LogP contribution in [0.3, 0.4) is 0 Å². The van der Waals surface area contributed by atoms with Crippen molar-refractivity contribution in [3.63, 3.8) is 0 Å². The van der Waals surface area contributed by atoms with Crippen molar-refractivity contribution >= 4 is 26.0 Å². The van der Waals surface area contributed by atoms with E-state index in [0.717, 1.165) is 6.07 Å². The van der Waals surface area contributed by atoms with Crippen molar-refractivity contribution in [2.24, 2.45) is 0 Å². The van der Waals surface area contributed by atoms with Crippen LogP contribution in [0.5, 0.6) is 5.75 Å². The van der Waals surface area contributed by atoms with Crippen LogP contribution in [0.1, 0.15) is 5.56 Å². The smallest absolute Gasteiger partial charge is 0.243 e. The number of para-hydroxylation sites is 1. The number of benzene rings is 2. The number of nitrogens with one attached hydrogen (secondary N) is 1. The second-order valence-electron chi connectivity index (χ2n) is 4.21. The fourth-order valence-corrected chi connectivity index (χ4v) is 3.19. The minimum Gasteiger partial charge on any atom is -0.496 e. The van der Waals surface area contributed by atoms with E-state index in [4.69, 9.17) is 4.74 Å². The zero-order valence-electron chi connectivity index (χ0n) is 11.1. The van der Waals surface area contributed by atoms with Crippen molar-refractivity contribution in [1.29, 1.82) is 0 Å². The molecule has 21 heavy (non-hydrogen) atoms. The Kier molecular flexibility index (Phi) is 4.97. The van der Waals surface area contributed by atoms with Gasteiger partial charge in [-0.05, 0) is 24.3 Å². The lowest BCUT2D eigenvalue weighted by Gasteiger charge is -2.10.